The Morgan fingerprint density at radius 2 is 1.94 bits per heavy atom. The predicted molar refractivity (Wildman–Crippen MR) is 137 cm³/mol. The van der Waals surface area contributed by atoms with E-state index in [4.69, 9.17) is 20.4 Å². The van der Waals surface area contributed by atoms with E-state index in [0.717, 1.165) is 35.7 Å². The highest BCUT2D eigenvalue weighted by atomic mass is 32.2. The van der Waals surface area contributed by atoms with Crippen LogP contribution >= 0.6 is 0 Å². The minimum atomic E-state index is -3.59. The van der Waals surface area contributed by atoms with Crippen LogP contribution in [0.2, 0.25) is 0 Å². The first-order valence-corrected chi connectivity index (χ1v) is 13.8. The zero-order chi connectivity index (χ0) is 25.2. The molecule has 1 spiro atoms. The first-order valence-electron chi connectivity index (χ1n) is 11.9. The normalized spacial score (nSPS) is 22.2. The summed E-state index contributed by atoms with van der Waals surface area (Å²) in [4.78, 5) is 11.6. The molecule has 3 N–H and O–H groups in total. The SMILES string of the molecule is C[C@@H]1OCC2(CCN(c3nc4cnn(-c5ccc6cnn(C)c6c5)c4nc3NS(C)(=O)=O)CC2)[C@@H]1N. The van der Waals surface area contributed by atoms with Crippen molar-refractivity contribution in [3.8, 4) is 5.69 Å². The fourth-order valence-corrected chi connectivity index (χ4v) is 5.88. The van der Waals surface area contributed by atoms with Crippen molar-refractivity contribution >= 4 is 43.7 Å². The van der Waals surface area contributed by atoms with Crippen molar-refractivity contribution in [2.75, 3.05) is 35.6 Å². The molecule has 1 aromatic carbocycles. The van der Waals surface area contributed by atoms with E-state index in [1.807, 2.05) is 32.2 Å². The fourth-order valence-electron chi connectivity index (χ4n) is 5.39. The molecule has 5 heterocycles. The number of rotatable bonds is 4. The monoisotopic (exact) mass is 511 g/mol. The zero-order valence-corrected chi connectivity index (χ0v) is 21.2. The van der Waals surface area contributed by atoms with E-state index in [0.29, 0.717) is 36.7 Å². The van der Waals surface area contributed by atoms with Crippen LogP contribution in [0.4, 0.5) is 11.6 Å². The van der Waals surface area contributed by atoms with Gasteiger partial charge in [-0.15, -0.1) is 0 Å². The number of benzene rings is 1. The van der Waals surface area contributed by atoms with Crippen LogP contribution in [0.5, 0.6) is 0 Å². The minimum Gasteiger partial charge on any atom is -0.376 e. The highest BCUT2D eigenvalue weighted by molar-refractivity contribution is 7.92. The molecule has 2 aliphatic heterocycles. The molecule has 0 bridgehead atoms. The van der Waals surface area contributed by atoms with Crippen molar-refractivity contribution in [2.24, 2.45) is 18.2 Å². The number of nitrogens with zero attached hydrogens (tertiary/aromatic N) is 7. The number of ether oxygens (including phenoxy) is 1. The van der Waals surface area contributed by atoms with Gasteiger partial charge in [-0.3, -0.25) is 9.40 Å². The lowest BCUT2D eigenvalue weighted by molar-refractivity contribution is 0.0974. The fraction of sp³-hybridized carbons (Fsp3) is 0.478. The van der Waals surface area contributed by atoms with Crippen LogP contribution in [0.25, 0.3) is 27.8 Å². The number of aromatic nitrogens is 6. The molecule has 0 amide bonds. The summed E-state index contributed by atoms with van der Waals surface area (Å²) in [5.74, 6) is 0.676. The van der Waals surface area contributed by atoms with Gasteiger partial charge in [0, 0.05) is 37.0 Å². The Hall–Kier alpha value is -3.29. The van der Waals surface area contributed by atoms with Crippen LogP contribution in [-0.2, 0) is 21.8 Å². The highest BCUT2D eigenvalue weighted by Gasteiger charge is 2.47. The second-order valence-electron chi connectivity index (χ2n) is 9.94. The topological polar surface area (TPSA) is 146 Å². The number of aryl methyl sites for hydroxylation is 1. The van der Waals surface area contributed by atoms with Crippen molar-refractivity contribution < 1.29 is 13.2 Å². The summed E-state index contributed by atoms with van der Waals surface area (Å²) < 4.78 is 36.3. The Labute approximate surface area is 208 Å². The largest absolute Gasteiger partial charge is 0.376 e. The molecule has 190 valence electrons. The molecule has 6 rings (SSSR count). The Morgan fingerprint density at radius 1 is 1.17 bits per heavy atom. The summed E-state index contributed by atoms with van der Waals surface area (Å²) in [5.41, 5.74) is 9.17. The maximum absolute atomic E-state index is 12.2. The molecule has 36 heavy (non-hydrogen) atoms. The summed E-state index contributed by atoms with van der Waals surface area (Å²) in [6.45, 7) is 4.01. The van der Waals surface area contributed by atoms with E-state index < -0.39 is 10.0 Å². The number of nitrogens with two attached hydrogens (primary N) is 1. The lowest BCUT2D eigenvalue weighted by Gasteiger charge is -2.41. The molecule has 2 saturated heterocycles. The Balaban J connectivity index is 1.39. The average Bonchev–Trinajstić information content (AvgIpc) is 3.50. The molecule has 2 atom stereocenters. The molecule has 13 heteroatoms. The molecule has 0 unspecified atom stereocenters. The molecule has 0 aliphatic carbocycles. The zero-order valence-electron chi connectivity index (χ0n) is 20.4. The van der Waals surface area contributed by atoms with Gasteiger partial charge in [0.05, 0.1) is 42.6 Å². The number of sulfonamides is 1. The molecule has 2 aliphatic rings. The summed E-state index contributed by atoms with van der Waals surface area (Å²) in [6.07, 6.45) is 6.26. The van der Waals surface area contributed by atoms with E-state index in [-0.39, 0.29) is 23.4 Å². The van der Waals surface area contributed by atoms with Gasteiger partial charge in [-0.2, -0.15) is 10.2 Å². The summed E-state index contributed by atoms with van der Waals surface area (Å²) >= 11 is 0. The lowest BCUT2D eigenvalue weighted by Crippen LogP contribution is -2.50. The van der Waals surface area contributed by atoms with Gasteiger partial charge in [-0.05, 0) is 38.0 Å². The van der Waals surface area contributed by atoms with Gasteiger partial charge in [0.2, 0.25) is 10.0 Å². The van der Waals surface area contributed by atoms with Crippen molar-refractivity contribution in [3.63, 3.8) is 0 Å². The van der Waals surface area contributed by atoms with Gasteiger partial charge in [0.15, 0.2) is 17.3 Å². The highest BCUT2D eigenvalue weighted by Crippen LogP contribution is 2.42. The van der Waals surface area contributed by atoms with E-state index >= 15 is 0 Å². The van der Waals surface area contributed by atoms with Crippen molar-refractivity contribution in [1.82, 2.24) is 29.5 Å². The number of fused-ring (bicyclic) bond motifs is 2. The third-order valence-electron chi connectivity index (χ3n) is 7.55. The molecular formula is C23H29N9O3S. The average molecular weight is 512 g/mol. The Bertz CT molecular complexity index is 1570. The number of hydrogen-bond acceptors (Lipinski definition) is 9. The first-order chi connectivity index (χ1) is 17.1. The van der Waals surface area contributed by atoms with Gasteiger partial charge in [0.25, 0.3) is 0 Å². The predicted octanol–water partition coefficient (Wildman–Crippen LogP) is 1.41. The van der Waals surface area contributed by atoms with Crippen molar-refractivity contribution in [3.05, 3.63) is 30.6 Å². The van der Waals surface area contributed by atoms with E-state index in [9.17, 15) is 8.42 Å². The van der Waals surface area contributed by atoms with E-state index in [1.165, 1.54) is 0 Å². The van der Waals surface area contributed by atoms with Gasteiger partial charge in [-0.1, -0.05) is 0 Å². The number of anilines is 2. The quantitative estimate of drug-likeness (QED) is 0.415. The van der Waals surface area contributed by atoms with Crippen LogP contribution in [-0.4, -0.2) is 76.0 Å². The van der Waals surface area contributed by atoms with Gasteiger partial charge in [-0.25, -0.2) is 23.1 Å². The number of nitrogens with one attached hydrogen (secondary N) is 1. The van der Waals surface area contributed by atoms with Crippen molar-refractivity contribution in [1.29, 1.82) is 0 Å². The van der Waals surface area contributed by atoms with Gasteiger partial charge in [0.1, 0.15) is 5.52 Å². The van der Waals surface area contributed by atoms with Crippen LogP contribution < -0.4 is 15.4 Å². The van der Waals surface area contributed by atoms with E-state index in [2.05, 4.69) is 19.8 Å². The standard InChI is InChI=1S/C23H29N9O3S/c1-14-19(24)23(13-35-14)6-8-31(9-7-23)22-20(29-36(3,33)34)28-21-17(27-22)12-26-32(21)16-5-4-15-11-25-30(2)18(15)10-16/h4-5,10-12,14,19H,6-9,13,24H2,1-3H3,(H,28,29)/t14-,19+/m0/s1. The third-order valence-corrected chi connectivity index (χ3v) is 8.11. The molecule has 12 nitrogen and oxygen atoms in total. The summed E-state index contributed by atoms with van der Waals surface area (Å²) in [6, 6.07) is 5.83. The summed E-state index contributed by atoms with van der Waals surface area (Å²) in [5, 5.41) is 9.82. The van der Waals surface area contributed by atoms with Gasteiger partial charge >= 0.3 is 0 Å². The second-order valence-corrected chi connectivity index (χ2v) is 11.7. The Kier molecular flexibility index (Phi) is 5.21. The third kappa shape index (κ3) is 3.78. The maximum Gasteiger partial charge on any atom is 0.231 e. The molecular weight excluding hydrogens is 482 g/mol. The van der Waals surface area contributed by atoms with E-state index in [1.54, 1.807) is 21.8 Å². The summed E-state index contributed by atoms with van der Waals surface area (Å²) in [7, 11) is -1.72. The van der Waals surface area contributed by atoms with Crippen LogP contribution in [0.15, 0.2) is 30.6 Å². The van der Waals surface area contributed by atoms with Gasteiger partial charge < -0.3 is 15.4 Å². The smallest absolute Gasteiger partial charge is 0.231 e. The van der Waals surface area contributed by atoms with Crippen molar-refractivity contribution in [2.45, 2.75) is 31.9 Å². The molecule has 4 aromatic rings. The number of piperidine rings is 1. The second kappa shape index (κ2) is 8.11. The lowest BCUT2D eigenvalue weighted by atomic mass is 9.73. The van der Waals surface area contributed by atoms with Crippen LogP contribution in [0.3, 0.4) is 0 Å². The van der Waals surface area contributed by atoms with Crippen LogP contribution in [0, 0.1) is 5.41 Å². The molecule has 3 aromatic heterocycles. The number of hydrogen-bond donors (Lipinski definition) is 2. The Morgan fingerprint density at radius 3 is 2.64 bits per heavy atom. The minimum absolute atomic E-state index is 0.0168. The molecule has 2 fully saturated rings. The molecule has 0 radical (unpaired) electrons. The maximum atomic E-state index is 12.2. The molecule has 0 saturated carbocycles. The van der Waals surface area contributed by atoms with Crippen LogP contribution in [0.1, 0.15) is 19.8 Å². The first kappa shape index (κ1) is 23.1.